The van der Waals surface area contributed by atoms with Crippen molar-refractivity contribution in [2.75, 3.05) is 19.0 Å². The number of aromatic nitrogens is 2. The molecule has 2 atom stereocenters. The summed E-state index contributed by atoms with van der Waals surface area (Å²) >= 11 is 3.33. The third kappa shape index (κ3) is 4.25. The molecule has 2 aromatic rings. The minimum atomic E-state index is -0.231. The Balaban J connectivity index is 2.00. The molecular formula is C19H26BrN5O3. The number of imidazole rings is 1. The first kappa shape index (κ1) is 20.5. The van der Waals surface area contributed by atoms with E-state index in [9.17, 15) is 9.90 Å². The fourth-order valence-corrected chi connectivity index (χ4v) is 3.91. The van der Waals surface area contributed by atoms with Gasteiger partial charge in [0.05, 0.1) is 18.1 Å². The molecule has 1 aromatic carbocycles. The summed E-state index contributed by atoms with van der Waals surface area (Å²) in [5.41, 5.74) is 7.47. The lowest BCUT2D eigenvalue weighted by molar-refractivity contribution is 0.0946. The number of anilines is 1. The SMILES string of the molecule is CCNC(=O)c1c(N[C@H]2CCC[C@H]2N)nc(OC)n1Cc1ccc(O)c(Br)c1. The van der Waals surface area contributed by atoms with Crippen molar-refractivity contribution in [1.82, 2.24) is 14.9 Å². The monoisotopic (exact) mass is 451 g/mol. The number of nitrogens with two attached hydrogens (primary N) is 1. The summed E-state index contributed by atoms with van der Waals surface area (Å²) in [4.78, 5) is 17.4. The average molecular weight is 452 g/mol. The highest BCUT2D eigenvalue weighted by Crippen LogP contribution is 2.30. The number of nitrogens with zero attached hydrogens (tertiary/aromatic N) is 2. The summed E-state index contributed by atoms with van der Waals surface area (Å²) in [6, 6.07) is 5.64. The molecule has 9 heteroatoms. The van der Waals surface area contributed by atoms with E-state index in [1.807, 2.05) is 6.92 Å². The number of hydrogen-bond acceptors (Lipinski definition) is 6. The van der Waals surface area contributed by atoms with Gasteiger partial charge in [-0.3, -0.25) is 9.36 Å². The third-order valence-corrected chi connectivity index (χ3v) is 5.55. The van der Waals surface area contributed by atoms with Crippen LogP contribution in [0.3, 0.4) is 0 Å². The number of aromatic hydroxyl groups is 1. The maximum Gasteiger partial charge on any atom is 0.299 e. The number of carbonyl (C=O) groups excluding carboxylic acids is 1. The molecule has 1 saturated carbocycles. The Hall–Kier alpha value is -2.26. The van der Waals surface area contributed by atoms with Crippen molar-refractivity contribution in [3.63, 3.8) is 0 Å². The zero-order valence-electron chi connectivity index (χ0n) is 16.0. The van der Waals surface area contributed by atoms with Gasteiger partial charge < -0.3 is 26.2 Å². The van der Waals surface area contributed by atoms with E-state index in [0.29, 0.717) is 35.1 Å². The number of methoxy groups -OCH3 is 1. The van der Waals surface area contributed by atoms with Gasteiger partial charge in [0.2, 0.25) is 0 Å². The van der Waals surface area contributed by atoms with Crippen molar-refractivity contribution < 1.29 is 14.6 Å². The second-order valence-electron chi connectivity index (χ2n) is 6.87. The van der Waals surface area contributed by atoms with Crippen LogP contribution in [-0.2, 0) is 6.54 Å². The first-order chi connectivity index (χ1) is 13.4. The molecule has 1 aromatic heterocycles. The predicted octanol–water partition coefficient (Wildman–Crippen LogP) is 2.45. The molecule has 0 aliphatic heterocycles. The number of amides is 1. The number of nitrogens with one attached hydrogen (secondary N) is 2. The highest BCUT2D eigenvalue weighted by molar-refractivity contribution is 9.10. The third-order valence-electron chi connectivity index (χ3n) is 4.91. The molecule has 1 heterocycles. The van der Waals surface area contributed by atoms with Crippen molar-refractivity contribution in [3.8, 4) is 11.8 Å². The molecule has 5 N–H and O–H groups in total. The molecule has 1 fully saturated rings. The van der Waals surface area contributed by atoms with Crippen LogP contribution >= 0.6 is 15.9 Å². The van der Waals surface area contributed by atoms with Crippen LogP contribution in [0.5, 0.6) is 11.8 Å². The van der Waals surface area contributed by atoms with Crippen molar-refractivity contribution in [1.29, 1.82) is 0 Å². The lowest BCUT2D eigenvalue weighted by atomic mass is 10.2. The van der Waals surface area contributed by atoms with Crippen LogP contribution in [0.4, 0.5) is 5.82 Å². The smallest absolute Gasteiger partial charge is 0.299 e. The number of halogens is 1. The molecule has 1 aliphatic rings. The van der Waals surface area contributed by atoms with Crippen LogP contribution < -0.4 is 21.1 Å². The molecule has 0 spiro atoms. The van der Waals surface area contributed by atoms with Crippen LogP contribution in [0.2, 0.25) is 0 Å². The standard InChI is InChI=1S/C19H26BrN5O3/c1-3-22-18(27)16-17(23-14-6-4-5-13(14)21)24-19(28-2)25(16)10-11-7-8-15(26)12(20)9-11/h7-9,13-14,23,26H,3-6,10,21H2,1-2H3,(H,22,27)/t13-,14+/m1/s1. The maximum absolute atomic E-state index is 12.8. The molecule has 28 heavy (non-hydrogen) atoms. The van der Waals surface area contributed by atoms with Gasteiger partial charge in [0.25, 0.3) is 11.9 Å². The molecule has 0 unspecified atom stereocenters. The minimum Gasteiger partial charge on any atom is -0.507 e. The molecule has 3 rings (SSSR count). The van der Waals surface area contributed by atoms with Crippen LogP contribution in [0.25, 0.3) is 0 Å². The number of benzene rings is 1. The Labute approximate surface area is 172 Å². The van der Waals surface area contributed by atoms with Gasteiger partial charge in [0, 0.05) is 18.6 Å². The number of phenols is 1. The number of phenolic OH excluding ortho intramolecular Hbond substituents is 1. The second-order valence-corrected chi connectivity index (χ2v) is 7.73. The van der Waals surface area contributed by atoms with E-state index in [1.165, 1.54) is 7.11 Å². The lowest BCUT2D eigenvalue weighted by Crippen LogP contribution is -2.36. The number of ether oxygens (including phenoxy) is 1. The zero-order valence-corrected chi connectivity index (χ0v) is 17.6. The molecular weight excluding hydrogens is 426 g/mol. The van der Waals surface area contributed by atoms with E-state index < -0.39 is 0 Å². The highest BCUT2D eigenvalue weighted by atomic mass is 79.9. The van der Waals surface area contributed by atoms with Gasteiger partial charge >= 0.3 is 0 Å². The topological polar surface area (TPSA) is 114 Å². The Morgan fingerprint density at radius 2 is 2.25 bits per heavy atom. The van der Waals surface area contributed by atoms with Crippen molar-refractivity contribution in [2.24, 2.45) is 5.73 Å². The summed E-state index contributed by atoms with van der Waals surface area (Å²) in [5.74, 6) is 0.399. The summed E-state index contributed by atoms with van der Waals surface area (Å²) in [6.07, 6.45) is 2.94. The van der Waals surface area contributed by atoms with E-state index in [2.05, 4.69) is 31.5 Å². The Bertz CT molecular complexity index is 854. The Morgan fingerprint density at radius 3 is 2.86 bits per heavy atom. The number of hydrogen-bond donors (Lipinski definition) is 4. The number of carbonyl (C=O) groups is 1. The van der Waals surface area contributed by atoms with E-state index in [1.54, 1.807) is 22.8 Å². The fourth-order valence-electron chi connectivity index (χ4n) is 3.48. The molecule has 0 saturated heterocycles. The Kier molecular flexibility index (Phi) is 6.46. The van der Waals surface area contributed by atoms with Gasteiger partial charge in [-0.05, 0) is 59.8 Å². The van der Waals surface area contributed by atoms with Crippen molar-refractivity contribution >= 4 is 27.7 Å². The van der Waals surface area contributed by atoms with Crippen LogP contribution in [-0.4, -0.2) is 46.3 Å². The summed E-state index contributed by atoms with van der Waals surface area (Å²) in [5, 5.41) is 15.9. The summed E-state index contributed by atoms with van der Waals surface area (Å²) < 4.78 is 7.76. The molecule has 1 amide bonds. The zero-order chi connectivity index (χ0) is 20.3. The molecule has 1 aliphatic carbocycles. The fraction of sp³-hybridized carbons (Fsp3) is 0.474. The van der Waals surface area contributed by atoms with E-state index in [0.717, 1.165) is 24.8 Å². The predicted molar refractivity (Wildman–Crippen MR) is 111 cm³/mol. The largest absolute Gasteiger partial charge is 0.507 e. The van der Waals surface area contributed by atoms with Crippen molar-refractivity contribution in [2.45, 2.75) is 44.8 Å². The quantitative estimate of drug-likeness (QED) is 0.513. The summed E-state index contributed by atoms with van der Waals surface area (Å²) in [6.45, 7) is 2.73. The van der Waals surface area contributed by atoms with Gasteiger partial charge in [-0.1, -0.05) is 6.07 Å². The van der Waals surface area contributed by atoms with Gasteiger partial charge in [-0.25, -0.2) is 0 Å². The molecule has 152 valence electrons. The van der Waals surface area contributed by atoms with Gasteiger partial charge in [0.15, 0.2) is 11.5 Å². The van der Waals surface area contributed by atoms with Crippen LogP contribution in [0.1, 0.15) is 42.2 Å². The van der Waals surface area contributed by atoms with Crippen molar-refractivity contribution in [3.05, 3.63) is 33.9 Å². The average Bonchev–Trinajstić information content (AvgIpc) is 3.22. The molecule has 8 nitrogen and oxygen atoms in total. The Morgan fingerprint density at radius 1 is 1.46 bits per heavy atom. The molecule has 0 bridgehead atoms. The lowest BCUT2D eigenvalue weighted by Gasteiger charge is -2.18. The summed E-state index contributed by atoms with van der Waals surface area (Å²) in [7, 11) is 1.53. The van der Waals surface area contributed by atoms with E-state index >= 15 is 0 Å². The first-order valence-corrected chi connectivity index (χ1v) is 10.2. The highest BCUT2D eigenvalue weighted by Gasteiger charge is 2.29. The second kappa shape index (κ2) is 8.83. The van der Waals surface area contributed by atoms with Crippen LogP contribution in [0.15, 0.2) is 22.7 Å². The minimum absolute atomic E-state index is 0.0336. The van der Waals surface area contributed by atoms with Gasteiger partial charge in [-0.2, -0.15) is 4.98 Å². The molecule has 0 radical (unpaired) electrons. The number of rotatable bonds is 7. The van der Waals surface area contributed by atoms with E-state index in [-0.39, 0.29) is 23.7 Å². The first-order valence-electron chi connectivity index (χ1n) is 9.36. The van der Waals surface area contributed by atoms with E-state index in [4.69, 9.17) is 10.5 Å². The normalized spacial score (nSPS) is 18.9. The maximum atomic E-state index is 12.8. The van der Waals surface area contributed by atoms with Crippen LogP contribution in [0, 0.1) is 0 Å². The van der Waals surface area contributed by atoms with Gasteiger partial charge in [0.1, 0.15) is 5.75 Å². The van der Waals surface area contributed by atoms with Gasteiger partial charge in [-0.15, -0.1) is 0 Å².